The second-order valence-electron chi connectivity index (χ2n) is 3.38. The SMILES string of the molecule is Nc1cc(-c2cc3ccccc3[nH]2)no1. The summed E-state index contributed by atoms with van der Waals surface area (Å²) in [7, 11) is 0. The van der Waals surface area contributed by atoms with Crippen molar-refractivity contribution in [1.29, 1.82) is 0 Å². The van der Waals surface area contributed by atoms with Crippen LogP contribution < -0.4 is 5.73 Å². The molecule has 3 aromatic rings. The number of nitrogens with one attached hydrogen (secondary N) is 1. The first-order chi connectivity index (χ1) is 7.33. The van der Waals surface area contributed by atoms with Crippen molar-refractivity contribution in [1.82, 2.24) is 10.1 Å². The highest BCUT2D eigenvalue weighted by Gasteiger charge is 2.06. The molecule has 3 rings (SSSR count). The number of rotatable bonds is 1. The molecule has 2 heterocycles. The van der Waals surface area contributed by atoms with Gasteiger partial charge in [-0.2, -0.15) is 0 Å². The van der Waals surface area contributed by atoms with Crippen LogP contribution in [0.3, 0.4) is 0 Å². The molecule has 2 aromatic heterocycles. The van der Waals surface area contributed by atoms with Gasteiger partial charge < -0.3 is 15.2 Å². The maximum Gasteiger partial charge on any atom is 0.222 e. The molecule has 1 aromatic carbocycles. The predicted molar refractivity (Wildman–Crippen MR) is 58.2 cm³/mol. The number of nitrogens with two attached hydrogens (primary N) is 1. The molecule has 0 aliphatic carbocycles. The summed E-state index contributed by atoms with van der Waals surface area (Å²) in [5.41, 5.74) is 8.18. The average molecular weight is 199 g/mol. The number of benzene rings is 1. The number of hydrogen-bond acceptors (Lipinski definition) is 3. The molecule has 74 valence electrons. The Hall–Kier alpha value is -2.23. The van der Waals surface area contributed by atoms with Crippen LogP contribution >= 0.6 is 0 Å². The number of nitrogen functional groups attached to an aromatic ring is 1. The molecular weight excluding hydrogens is 190 g/mol. The number of nitrogens with zero attached hydrogens (tertiary/aromatic N) is 1. The van der Waals surface area contributed by atoms with Gasteiger partial charge in [0.15, 0.2) is 0 Å². The zero-order valence-electron chi connectivity index (χ0n) is 7.90. The Kier molecular flexibility index (Phi) is 1.56. The normalized spacial score (nSPS) is 10.9. The molecular formula is C11H9N3O. The molecule has 0 saturated carbocycles. The van der Waals surface area contributed by atoms with Gasteiger partial charge in [-0.1, -0.05) is 23.4 Å². The van der Waals surface area contributed by atoms with E-state index in [1.54, 1.807) is 6.07 Å². The molecule has 0 fully saturated rings. The van der Waals surface area contributed by atoms with Crippen LogP contribution in [0.5, 0.6) is 0 Å². The Labute approximate surface area is 85.7 Å². The highest BCUT2D eigenvalue weighted by Crippen LogP contribution is 2.23. The molecule has 15 heavy (non-hydrogen) atoms. The number of H-pyrrole nitrogens is 1. The molecule has 0 aliphatic heterocycles. The van der Waals surface area contributed by atoms with E-state index >= 15 is 0 Å². The summed E-state index contributed by atoms with van der Waals surface area (Å²) >= 11 is 0. The summed E-state index contributed by atoms with van der Waals surface area (Å²) in [6.45, 7) is 0. The lowest BCUT2D eigenvalue weighted by Crippen LogP contribution is -1.76. The van der Waals surface area contributed by atoms with Crippen LogP contribution in [0.4, 0.5) is 5.88 Å². The van der Waals surface area contributed by atoms with Crippen molar-refractivity contribution >= 4 is 16.8 Å². The van der Waals surface area contributed by atoms with Crippen LogP contribution in [0.15, 0.2) is 40.9 Å². The first-order valence-corrected chi connectivity index (χ1v) is 4.63. The molecule has 0 amide bonds. The van der Waals surface area contributed by atoms with E-state index in [0.717, 1.165) is 22.3 Å². The summed E-state index contributed by atoms with van der Waals surface area (Å²) in [5.74, 6) is 0.323. The Morgan fingerprint density at radius 3 is 2.80 bits per heavy atom. The molecule has 0 aliphatic rings. The Balaban J connectivity index is 2.19. The standard InChI is InChI=1S/C11H9N3O/c12-11-6-10(14-15-11)9-5-7-3-1-2-4-8(7)13-9/h1-6,13H,12H2. The van der Waals surface area contributed by atoms with Crippen molar-refractivity contribution in [3.05, 3.63) is 36.4 Å². The van der Waals surface area contributed by atoms with E-state index < -0.39 is 0 Å². The number of para-hydroxylation sites is 1. The number of hydrogen-bond donors (Lipinski definition) is 2. The first-order valence-electron chi connectivity index (χ1n) is 4.63. The lowest BCUT2D eigenvalue weighted by Gasteiger charge is -1.86. The minimum Gasteiger partial charge on any atom is -0.368 e. The highest BCUT2D eigenvalue weighted by atomic mass is 16.5. The second kappa shape index (κ2) is 2.88. The van der Waals surface area contributed by atoms with E-state index in [4.69, 9.17) is 10.3 Å². The quantitative estimate of drug-likeness (QED) is 0.632. The Morgan fingerprint density at radius 2 is 2.07 bits per heavy atom. The summed E-state index contributed by atoms with van der Waals surface area (Å²) < 4.78 is 4.82. The van der Waals surface area contributed by atoms with Crippen LogP contribution in [-0.4, -0.2) is 10.1 Å². The fourth-order valence-electron chi connectivity index (χ4n) is 1.63. The van der Waals surface area contributed by atoms with Crippen molar-refractivity contribution in [2.24, 2.45) is 0 Å². The maximum absolute atomic E-state index is 5.47. The van der Waals surface area contributed by atoms with Crippen molar-refractivity contribution in [2.45, 2.75) is 0 Å². The molecule has 0 unspecified atom stereocenters. The summed E-state index contributed by atoms with van der Waals surface area (Å²) in [4.78, 5) is 3.25. The monoisotopic (exact) mass is 199 g/mol. The van der Waals surface area contributed by atoms with E-state index in [2.05, 4.69) is 10.1 Å². The van der Waals surface area contributed by atoms with Gasteiger partial charge in [-0.25, -0.2) is 0 Å². The first kappa shape index (κ1) is 8.11. The van der Waals surface area contributed by atoms with Gasteiger partial charge in [-0.05, 0) is 12.1 Å². The van der Waals surface area contributed by atoms with E-state index in [1.165, 1.54) is 0 Å². The van der Waals surface area contributed by atoms with Crippen molar-refractivity contribution in [2.75, 3.05) is 5.73 Å². The second-order valence-corrected chi connectivity index (χ2v) is 3.38. The third-order valence-corrected chi connectivity index (χ3v) is 2.33. The molecule has 4 heteroatoms. The fraction of sp³-hybridized carbons (Fsp3) is 0. The molecule has 0 radical (unpaired) electrons. The van der Waals surface area contributed by atoms with E-state index in [-0.39, 0.29) is 0 Å². The lowest BCUT2D eigenvalue weighted by atomic mass is 10.2. The average Bonchev–Trinajstić information content (AvgIpc) is 2.82. The highest BCUT2D eigenvalue weighted by molar-refractivity contribution is 5.85. The number of fused-ring (bicyclic) bond motifs is 1. The van der Waals surface area contributed by atoms with Gasteiger partial charge in [0.1, 0.15) is 5.69 Å². The zero-order valence-corrected chi connectivity index (χ0v) is 7.90. The van der Waals surface area contributed by atoms with Crippen molar-refractivity contribution < 1.29 is 4.52 Å². The van der Waals surface area contributed by atoms with Gasteiger partial charge in [0.2, 0.25) is 5.88 Å². The van der Waals surface area contributed by atoms with Crippen LogP contribution in [0.25, 0.3) is 22.3 Å². The van der Waals surface area contributed by atoms with Crippen LogP contribution in [0.1, 0.15) is 0 Å². The molecule has 3 N–H and O–H groups in total. The van der Waals surface area contributed by atoms with Crippen molar-refractivity contribution in [3.8, 4) is 11.4 Å². The summed E-state index contributed by atoms with van der Waals surface area (Å²) in [6.07, 6.45) is 0. The molecule has 0 saturated heterocycles. The minimum absolute atomic E-state index is 0.323. The van der Waals surface area contributed by atoms with Crippen LogP contribution in [-0.2, 0) is 0 Å². The van der Waals surface area contributed by atoms with E-state index in [0.29, 0.717) is 5.88 Å². The van der Waals surface area contributed by atoms with Crippen LogP contribution in [0, 0.1) is 0 Å². The third kappa shape index (κ3) is 1.27. The Bertz CT molecular complexity index is 576. The van der Waals surface area contributed by atoms with Gasteiger partial charge in [-0.15, -0.1) is 0 Å². The zero-order chi connectivity index (χ0) is 10.3. The number of aromatic amines is 1. The van der Waals surface area contributed by atoms with Gasteiger partial charge in [0, 0.05) is 17.0 Å². The molecule has 0 spiro atoms. The predicted octanol–water partition coefficient (Wildman–Crippen LogP) is 2.41. The molecule has 0 bridgehead atoms. The molecule has 0 atom stereocenters. The van der Waals surface area contributed by atoms with Gasteiger partial charge >= 0.3 is 0 Å². The minimum atomic E-state index is 0.323. The molecule has 4 nitrogen and oxygen atoms in total. The smallest absolute Gasteiger partial charge is 0.222 e. The lowest BCUT2D eigenvalue weighted by molar-refractivity contribution is 0.439. The van der Waals surface area contributed by atoms with Crippen molar-refractivity contribution in [3.63, 3.8) is 0 Å². The van der Waals surface area contributed by atoms with E-state index in [1.807, 2.05) is 30.3 Å². The van der Waals surface area contributed by atoms with Gasteiger partial charge in [0.25, 0.3) is 0 Å². The van der Waals surface area contributed by atoms with E-state index in [9.17, 15) is 0 Å². The van der Waals surface area contributed by atoms with Gasteiger partial charge in [-0.3, -0.25) is 0 Å². The van der Waals surface area contributed by atoms with Gasteiger partial charge in [0.05, 0.1) is 5.69 Å². The third-order valence-electron chi connectivity index (χ3n) is 2.33. The van der Waals surface area contributed by atoms with Crippen LogP contribution in [0.2, 0.25) is 0 Å². The summed E-state index contributed by atoms with van der Waals surface area (Å²) in [6, 6.07) is 11.8. The number of aromatic nitrogens is 2. The topological polar surface area (TPSA) is 67.8 Å². The fourth-order valence-corrected chi connectivity index (χ4v) is 1.63. The summed E-state index contributed by atoms with van der Waals surface area (Å²) in [5, 5.41) is 5.00. The Morgan fingerprint density at radius 1 is 1.20 bits per heavy atom. The number of anilines is 1. The largest absolute Gasteiger partial charge is 0.368 e. The maximum atomic E-state index is 5.47.